The maximum atomic E-state index is 5.69. The molecule has 182 valence electrons. The van der Waals surface area contributed by atoms with Crippen molar-refractivity contribution in [3.63, 3.8) is 0 Å². The smallest absolute Gasteiger partial charge is 0.227 e. The molecule has 0 saturated carbocycles. The third-order valence-corrected chi connectivity index (χ3v) is 8.41. The Kier molecular flexibility index (Phi) is 11.3. The van der Waals surface area contributed by atoms with Gasteiger partial charge in [-0.05, 0) is 65.5 Å². The number of hydrogen-bond acceptors (Lipinski definition) is 3. The van der Waals surface area contributed by atoms with E-state index in [0.29, 0.717) is 17.9 Å². The molecule has 2 aromatic heterocycles. The topological polar surface area (TPSA) is 39.9 Å². The van der Waals surface area contributed by atoms with Gasteiger partial charge in [-0.2, -0.15) is 0 Å². The fourth-order valence-corrected chi connectivity index (χ4v) is 6.74. The number of aromatic nitrogens is 3. The second kappa shape index (κ2) is 13.1. The molecule has 0 amide bonds. The van der Waals surface area contributed by atoms with Crippen LogP contribution >= 0.6 is 22.6 Å². The van der Waals surface area contributed by atoms with Crippen LogP contribution in [0.5, 0.6) is 5.88 Å². The first-order chi connectivity index (χ1) is 15.3. The van der Waals surface area contributed by atoms with Crippen molar-refractivity contribution in [2.24, 2.45) is 23.2 Å². The zero-order valence-electron chi connectivity index (χ0n) is 21.6. The van der Waals surface area contributed by atoms with Crippen LogP contribution in [0, 0.1) is 26.7 Å². The Bertz CT molecular complexity index is 791. The van der Waals surface area contributed by atoms with Crippen molar-refractivity contribution in [2.45, 2.75) is 106 Å². The van der Waals surface area contributed by atoms with E-state index in [0.717, 1.165) is 35.3 Å². The molecule has 0 saturated heterocycles. The fourth-order valence-electron chi connectivity index (χ4n) is 5.93. The highest BCUT2D eigenvalue weighted by molar-refractivity contribution is 14.1. The highest BCUT2D eigenvalue weighted by Crippen LogP contribution is 2.47. The van der Waals surface area contributed by atoms with E-state index in [1.165, 1.54) is 54.9 Å². The molecule has 0 fully saturated rings. The minimum absolute atomic E-state index is 0.489. The second-order valence-electron chi connectivity index (χ2n) is 10.3. The molecule has 5 heteroatoms. The van der Waals surface area contributed by atoms with Gasteiger partial charge >= 0.3 is 0 Å². The van der Waals surface area contributed by atoms with Gasteiger partial charge in [0.15, 0.2) is 0 Å². The summed E-state index contributed by atoms with van der Waals surface area (Å²) in [5.41, 5.74) is 1.49. The molecular formula is C27H46IN3O. The van der Waals surface area contributed by atoms with Crippen molar-refractivity contribution in [1.29, 1.82) is 0 Å². The summed E-state index contributed by atoms with van der Waals surface area (Å²) in [6.45, 7) is 18.2. The van der Waals surface area contributed by atoms with Gasteiger partial charge in [0.25, 0.3) is 0 Å². The molecule has 2 rings (SSSR count). The Hall–Kier alpha value is -0.850. The Balaban J connectivity index is 1.71. The van der Waals surface area contributed by atoms with Crippen LogP contribution < -0.4 is 4.74 Å². The van der Waals surface area contributed by atoms with Crippen LogP contribution in [0.2, 0.25) is 0 Å². The van der Waals surface area contributed by atoms with Gasteiger partial charge in [0.1, 0.15) is 12.0 Å². The summed E-state index contributed by atoms with van der Waals surface area (Å²) >= 11 is 2.37. The highest BCUT2D eigenvalue weighted by Gasteiger charge is 2.39. The molecule has 0 aliphatic rings. The molecule has 0 atom stereocenters. The fraction of sp³-hybridized carbons (Fsp3) is 0.778. The predicted molar refractivity (Wildman–Crippen MR) is 145 cm³/mol. The first kappa shape index (κ1) is 27.4. The molecule has 0 N–H and O–H groups in total. The number of nitrogens with zero attached hydrogens (tertiary/aromatic N) is 3. The number of aryl methyl sites for hydroxylation is 1. The van der Waals surface area contributed by atoms with Gasteiger partial charge in [-0.25, -0.2) is 9.97 Å². The standard InChI is InChI=1S/C27H46IN3O/c1-8-32-26-24-23(28)18-31(25(24)29-19-30-26)17-15-13-11-9-10-12-14-16-27(20(2)3,21(4)5)22(6)7/h18-22H,8-17H2,1-7H3. The Morgan fingerprint density at radius 3 is 2.00 bits per heavy atom. The van der Waals surface area contributed by atoms with Gasteiger partial charge in [-0.1, -0.05) is 80.1 Å². The summed E-state index contributed by atoms with van der Waals surface area (Å²) in [7, 11) is 0. The predicted octanol–water partition coefficient (Wildman–Crippen LogP) is 8.51. The molecule has 0 unspecified atom stereocenters. The SMILES string of the molecule is CCOc1ncnc2c1c(I)cn2CCCCCCCCCC(C(C)C)(C(C)C)C(C)C. The quantitative estimate of drug-likeness (QED) is 0.163. The lowest BCUT2D eigenvalue weighted by Crippen LogP contribution is -2.38. The monoisotopic (exact) mass is 555 g/mol. The number of unbranched alkanes of at least 4 members (excludes halogenated alkanes) is 6. The Morgan fingerprint density at radius 1 is 0.875 bits per heavy atom. The molecule has 2 heterocycles. The number of rotatable bonds is 15. The second-order valence-corrected chi connectivity index (χ2v) is 11.4. The maximum absolute atomic E-state index is 5.69. The van der Waals surface area contributed by atoms with E-state index >= 15 is 0 Å². The maximum Gasteiger partial charge on any atom is 0.227 e. The first-order valence-electron chi connectivity index (χ1n) is 12.9. The van der Waals surface area contributed by atoms with E-state index in [9.17, 15) is 0 Å². The van der Waals surface area contributed by atoms with E-state index in [1.54, 1.807) is 6.33 Å². The van der Waals surface area contributed by atoms with Crippen LogP contribution in [0.1, 0.15) is 99.8 Å². The average molecular weight is 556 g/mol. The summed E-state index contributed by atoms with van der Waals surface area (Å²) in [6, 6.07) is 0. The van der Waals surface area contributed by atoms with E-state index in [-0.39, 0.29) is 0 Å². The third kappa shape index (κ3) is 6.60. The molecule has 0 radical (unpaired) electrons. The number of hydrogen-bond donors (Lipinski definition) is 0. The molecule has 0 aromatic carbocycles. The van der Waals surface area contributed by atoms with Crippen LogP contribution in [0.3, 0.4) is 0 Å². The van der Waals surface area contributed by atoms with Crippen molar-refractivity contribution in [3.8, 4) is 5.88 Å². The summed E-state index contributed by atoms with van der Waals surface area (Å²) < 4.78 is 9.13. The minimum atomic E-state index is 0.489. The van der Waals surface area contributed by atoms with Crippen molar-refractivity contribution in [3.05, 3.63) is 16.1 Å². The van der Waals surface area contributed by atoms with Crippen LogP contribution in [-0.2, 0) is 6.54 Å². The van der Waals surface area contributed by atoms with Crippen molar-refractivity contribution in [2.75, 3.05) is 6.61 Å². The lowest BCUT2D eigenvalue weighted by atomic mass is 9.60. The number of halogens is 1. The van der Waals surface area contributed by atoms with Gasteiger partial charge < -0.3 is 9.30 Å². The van der Waals surface area contributed by atoms with Gasteiger partial charge in [0, 0.05) is 16.3 Å². The highest BCUT2D eigenvalue weighted by atomic mass is 127. The van der Waals surface area contributed by atoms with Gasteiger partial charge in [-0.3, -0.25) is 0 Å². The molecule has 0 aliphatic heterocycles. The van der Waals surface area contributed by atoms with Crippen LogP contribution in [0.15, 0.2) is 12.5 Å². The van der Waals surface area contributed by atoms with Gasteiger partial charge in [-0.15, -0.1) is 0 Å². The zero-order valence-corrected chi connectivity index (χ0v) is 23.7. The largest absolute Gasteiger partial charge is 0.477 e. The lowest BCUT2D eigenvalue weighted by Gasteiger charge is -2.45. The van der Waals surface area contributed by atoms with Gasteiger partial charge in [0.05, 0.1) is 12.0 Å². The van der Waals surface area contributed by atoms with E-state index < -0.39 is 0 Å². The number of ether oxygens (including phenoxy) is 1. The van der Waals surface area contributed by atoms with Crippen molar-refractivity contribution < 1.29 is 4.74 Å². The van der Waals surface area contributed by atoms with Crippen molar-refractivity contribution >= 4 is 33.6 Å². The Labute approximate surface area is 210 Å². The van der Waals surface area contributed by atoms with E-state index in [4.69, 9.17) is 4.74 Å². The Morgan fingerprint density at radius 2 is 1.44 bits per heavy atom. The first-order valence-corrected chi connectivity index (χ1v) is 14.0. The normalized spacial score (nSPS) is 12.6. The molecular weight excluding hydrogens is 509 g/mol. The molecule has 0 aliphatic carbocycles. The molecule has 4 nitrogen and oxygen atoms in total. The summed E-state index contributed by atoms with van der Waals surface area (Å²) in [4.78, 5) is 8.83. The third-order valence-electron chi connectivity index (χ3n) is 7.59. The number of fused-ring (bicyclic) bond motifs is 1. The zero-order chi connectivity index (χ0) is 23.7. The molecule has 2 aromatic rings. The van der Waals surface area contributed by atoms with E-state index in [2.05, 4.69) is 84.9 Å². The lowest BCUT2D eigenvalue weighted by molar-refractivity contribution is 0.0356. The minimum Gasteiger partial charge on any atom is -0.477 e. The summed E-state index contributed by atoms with van der Waals surface area (Å²) in [5, 5.41) is 1.05. The summed E-state index contributed by atoms with van der Waals surface area (Å²) in [6.07, 6.45) is 14.5. The van der Waals surface area contributed by atoms with Crippen molar-refractivity contribution in [1.82, 2.24) is 14.5 Å². The average Bonchev–Trinajstić information content (AvgIpc) is 3.05. The molecule has 32 heavy (non-hydrogen) atoms. The van der Waals surface area contributed by atoms with Crippen LogP contribution in [-0.4, -0.2) is 21.1 Å². The van der Waals surface area contributed by atoms with Gasteiger partial charge in [0.2, 0.25) is 5.88 Å². The molecule has 0 bridgehead atoms. The summed E-state index contributed by atoms with van der Waals surface area (Å²) in [5.74, 6) is 2.97. The van der Waals surface area contributed by atoms with Crippen LogP contribution in [0.25, 0.3) is 11.0 Å². The van der Waals surface area contributed by atoms with E-state index in [1.807, 2.05) is 6.92 Å². The molecule has 0 spiro atoms. The van der Waals surface area contributed by atoms with Crippen LogP contribution in [0.4, 0.5) is 0 Å².